The highest BCUT2D eigenvalue weighted by Crippen LogP contribution is 2.38. The maximum Gasteiger partial charge on any atom is 0.422 e. The van der Waals surface area contributed by atoms with Crippen LogP contribution in [-0.4, -0.2) is 50.0 Å². The van der Waals surface area contributed by atoms with Crippen molar-refractivity contribution in [1.29, 1.82) is 0 Å². The molecule has 0 aliphatic rings. The van der Waals surface area contributed by atoms with Crippen molar-refractivity contribution in [2.75, 3.05) is 32.8 Å². The number of primary amides is 1. The number of nitrogens with one attached hydrogen (secondary N) is 1. The van der Waals surface area contributed by atoms with Crippen molar-refractivity contribution in [3.8, 4) is 22.6 Å². The van der Waals surface area contributed by atoms with Crippen LogP contribution in [0.5, 0.6) is 11.5 Å². The maximum atomic E-state index is 14.2. The Morgan fingerprint density at radius 3 is 2.38 bits per heavy atom. The van der Waals surface area contributed by atoms with Crippen molar-refractivity contribution in [2.45, 2.75) is 18.6 Å². The first kappa shape index (κ1) is 30.4. The van der Waals surface area contributed by atoms with Crippen LogP contribution in [0, 0.1) is 5.82 Å². The highest BCUT2D eigenvalue weighted by Gasteiger charge is 2.30. The fourth-order valence-corrected chi connectivity index (χ4v) is 3.96. The van der Waals surface area contributed by atoms with E-state index in [-0.39, 0.29) is 51.9 Å². The minimum atomic E-state index is -4.62. The van der Waals surface area contributed by atoms with Crippen molar-refractivity contribution in [2.24, 2.45) is 5.73 Å². The van der Waals surface area contributed by atoms with E-state index in [0.717, 1.165) is 22.8 Å². The highest BCUT2D eigenvalue weighted by molar-refractivity contribution is 6.31. The summed E-state index contributed by atoms with van der Waals surface area (Å²) in [5.74, 6) is -2.85. The SMILES string of the molecule is COCCC(C(=O)Nc1ccc(C(N)=O)c(F)c1)n1cc(OC)c(-c2cc(Cl)ccc2OCC(F)(F)F)cc1=O. The number of rotatable bonds is 11. The van der Waals surface area contributed by atoms with E-state index in [9.17, 15) is 31.9 Å². The molecular weight excluding hydrogens is 562 g/mol. The molecule has 1 heterocycles. The number of methoxy groups -OCH3 is 2. The first-order valence-corrected chi connectivity index (χ1v) is 11.9. The van der Waals surface area contributed by atoms with Gasteiger partial charge >= 0.3 is 6.18 Å². The molecule has 9 nitrogen and oxygen atoms in total. The molecule has 0 saturated carbocycles. The van der Waals surface area contributed by atoms with Gasteiger partial charge in [-0.15, -0.1) is 0 Å². The van der Waals surface area contributed by atoms with Crippen LogP contribution in [0.2, 0.25) is 5.02 Å². The molecule has 3 rings (SSSR count). The third-order valence-electron chi connectivity index (χ3n) is 5.62. The summed E-state index contributed by atoms with van der Waals surface area (Å²) in [4.78, 5) is 37.7. The third kappa shape index (κ3) is 7.51. The molecule has 0 aliphatic heterocycles. The Bertz CT molecular complexity index is 1460. The first-order chi connectivity index (χ1) is 18.8. The lowest BCUT2D eigenvalue weighted by molar-refractivity contribution is -0.153. The van der Waals surface area contributed by atoms with Crippen LogP contribution in [0.3, 0.4) is 0 Å². The zero-order valence-corrected chi connectivity index (χ0v) is 21.9. The van der Waals surface area contributed by atoms with Crippen molar-refractivity contribution in [3.05, 3.63) is 75.4 Å². The zero-order valence-electron chi connectivity index (χ0n) is 21.2. The van der Waals surface area contributed by atoms with Crippen molar-refractivity contribution in [1.82, 2.24) is 4.57 Å². The van der Waals surface area contributed by atoms with Crippen molar-refractivity contribution in [3.63, 3.8) is 0 Å². The molecule has 0 radical (unpaired) electrons. The minimum Gasteiger partial charge on any atom is -0.495 e. The number of benzene rings is 2. The van der Waals surface area contributed by atoms with Crippen molar-refractivity contribution < 1.29 is 41.4 Å². The number of aromatic nitrogens is 1. The van der Waals surface area contributed by atoms with E-state index in [4.69, 9.17) is 31.5 Å². The summed E-state index contributed by atoms with van der Waals surface area (Å²) in [6.45, 7) is -1.53. The fraction of sp³-hybridized carbons (Fsp3) is 0.269. The average Bonchev–Trinajstić information content (AvgIpc) is 2.88. The number of carbonyl (C=O) groups is 2. The molecule has 40 heavy (non-hydrogen) atoms. The van der Waals surface area contributed by atoms with Gasteiger partial charge in [0.05, 0.1) is 18.9 Å². The van der Waals surface area contributed by atoms with Gasteiger partial charge in [-0.1, -0.05) is 11.6 Å². The number of carbonyl (C=O) groups excluding carboxylic acids is 2. The highest BCUT2D eigenvalue weighted by atomic mass is 35.5. The normalized spacial score (nSPS) is 12.1. The van der Waals surface area contributed by atoms with Crippen LogP contribution in [0.15, 0.2) is 53.5 Å². The lowest BCUT2D eigenvalue weighted by Crippen LogP contribution is -2.34. The van der Waals surface area contributed by atoms with Gasteiger partial charge in [0.25, 0.3) is 11.5 Å². The summed E-state index contributed by atoms with van der Waals surface area (Å²) in [6.07, 6.45) is -3.40. The van der Waals surface area contributed by atoms with Crippen LogP contribution in [0.4, 0.5) is 23.2 Å². The summed E-state index contributed by atoms with van der Waals surface area (Å²) in [6, 6.07) is 7.02. The number of nitrogens with zero attached hydrogens (tertiary/aromatic N) is 1. The Kier molecular flexibility index (Phi) is 9.77. The zero-order chi connectivity index (χ0) is 29.6. The van der Waals surface area contributed by atoms with Crippen molar-refractivity contribution >= 4 is 29.1 Å². The van der Waals surface area contributed by atoms with Gasteiger partial charge in [0, 0.05) is 48.0 Å². The Hall–Kier alpha value is -4.10. The van der Waals surface area contributed by atoms with Gasteiger partial charge in [0.15, 0.2) is 6.61 Å². The lowest BCUT2D eigenvalue weighted by Gasteiger charge is -2.22. The van der Waals surface area contributed by atoms with Crippen LogP contribution in [-0.2, 0) is 9.53 Å². The molecule has 0 spiro atoms. The second-order valence-electron chi connectivity index (χ2n) is 8.39. The van der Waals surface area contributed by atoms with Gasteiger partial charge in [-0.3, -0.25) is 19.0 Å². The molecule has 3 N–H and O–H groups in total. The van der Waals surface area contributed by atoms with Crippen LogP contribution in [0.1, 0.15) is 22.8 Å². The van der Waals surface area contributed by atoms with E-state index < -0.39 is 42.0 Å². The molecule has 1 atom stereocenters. The average molecular weight is 586 g/mol. The standard InChI is InChI=1S/C26H24ClF4N3O6/c1-38-8-7-20(25(37)33-15-4-5-16(24(32)36)19(28)10-15)34-12-22(39-2)18(11-23(34)35)17-9-14(27)3-6-21(17)40-13-26(29,30)31/h3-6,9-12,20H,7-8,13H2,1-2H3,(H2,32,36)(H,33,37). The van der Waals surface area contributed by atoms with Crippen LogP contribution >= 0.6 is 11.6 Å². The molecule has 3 aromatic rings. The van der Waals surface area contributed by atoms with E-state index in [2.05, 4.69) is 5.32 Å². The Morgan fingerprint density at radius 2 is 1.77 bits per heavy atom. The van der Waals surface area contributed by atoms with Crippen LogP contribution < -0.4 is 26.1 Å². The molecule has 0 saturated heterocycles. The van der Waals surface area contributed by atoms with E-state index >= 15 is 0 Å². The van der Waals surface area contributed by atoms with E-state index in [1.54, 1.807) is 0 Å². The topological polar surface area (TPSA) is 122 Å². The molecule has 214 valence electrons. The quantitative estimate of drug-likeness (QED) is 0.318. The minimum absolute atomic E-state index is 0.00284. The molecule has 0 fully saturated rings. The number of hydrogen-bond donors (Lipinski definition) is 2. The Labute approximate surface area is 230 Å². The molecule has 14 heteroatoms. The predicted molar refractivity (Wildman–Crippen MR) is 138 cm³/mol. The molecule has 0 bridgehead atoms. The number of hydrogen-bond acceptors (Lipinski definition) is 6. The maximum absolute atomic E-state index is 14.2. The monoisotopic (exact) mass is 585 g/mol. The number of nitrogens with two attached hydrogens (primary N) is 1. The van der Waals surface area contributed by atoms with Gasteiger partial charge in [-0.25, -0.2) is 4.39 Å². The molecule has 1 aromatic heterocycles. The van der Waals surface area contributed by atoms with E-state index in [1.807, 2.05) is 0 Å². The smallest absolute Gasteiger partial charge is 0.422 e. The summed E-state index contributed by atoms with van der Waals surface area (Å²) >= 11 is 6.07. The molecule has 2 aromatic carbocycles. The van der Waals surface area contributed by atoms with Crippen LogP contribution in [0.25, 0.3) is 11.1 Å². The lowest BCUT2D eigenvalue weighted by atomic mass is 10.0. The predicted octanol–water partition coefficient (Wildman–Crippen LogP) is 4.57. The van der Waals surface area contributed by atoms with Gasteiger partial charge < -0.3 is 25.3 Å². The molecule has 0 aliphatic carbocycles. The molecule has 1 unspecified atom stereocenters. The summed E-state index contributed by atoms with van der Waals surface area (Å²) < 4.78 is 69.0. The molecule has 2 amide bonds. The summed E-state index contributed by atoms with van der Waals surface area (Å²) in [5.41, 5.74) is 4.13. The second kappa shape index (κ2) is 12.8. The van der Waals surface area contributed by atoms with E-state index in [0.29, 0.717) is 0 Å². The molecular formula is C26H24ClF4N3O6. The van der Waals surface area contributed by atoms with E-state index in [1.165, 1.54) is 44.7 Å². The van der Waals surface area contributed by atoms with Gasteiger partial charge in [-0.05, 0) is 36.4 Å². The summed E-state index contributed by atoms with van der Waals surface area (Å²) in [7, 11) is 2.66. The number of anilines is 1. The largest absolute Gasteiger partial charge is 0.495 e. The number of alkyl halides is 3. The number of amides is 2. The Balaban J connectivity index is 2.03. The number of pyridine rings is 1. The number of ether oxygens (including phenoxy) is 3. The first-order valence-electron chi connectivity index (χ1n) is 11.5. The third-order valence-corrected chi connectivity index (χ3v) is 5.86. The Morgan fingerprint density at radius 1 is 1.07 bits per heavy atom. The second-order valence-corrected chi connectivity index (χ2v) is 8.83. The number of halogens is 5. The fourth-order valence-electron chi connectivity index (χ4n) is 3.79. The van der Waals surface area contributed by atoms with Gasteiger partial charge in [0.2, 0.25) is 5.91 Å². The van der Waals surface area contributed by atoms with Gasteiger partial charge in [-0.2, -0.15) is 13.2 Å². The summed E-state index contributed by atoms with van der Waals surface area (Å²) in [5, 5.41) is 2.64. The van der Waals surface area contributed by atoms with Gasteiger partial charge in [0.1, 0.15) is 23.4 Å².